The highest BCUT2D eigenvalue weighted by Crippen LogP contribution is 2.33. The van der Waals surface area contributed by atoms with Crippen LogP contribution in [0.2, 0.25) is 4.34 Å². The zero-order valence-electron chi connectivity index (χ0n) is 11.1. The Kier molecular flexibility index (Phi) is 3.31. The second-order valence-electron chi connectivity index (χ2n) is 4.51. The molecule has 1 unspecified atom stereocenters. The Hall–Kier alpha value is -1.72. The summed E-state index contributed by atoms with van der Waals surface area (Å²) in [6.07, 6.45) is 0. The van der Waals surface area contributed by atoms with Gasteiger partial charge >= 0.3 is 0 Å². The summed E-state index contributed by atoms with van der Waals surface area (Å²) in [4.78, 5) is 5.54. The molecule has 2 N–H and O–H groups in total. The molecule has 0 aliphatic heterocycles. The van der Waals surface area contributed by atoms with Crippen LogP contribution in [0.15, 0.2) is 30.3 Å². The quantitative estimate of drug-likeness (QED) is 0.797. The number of nitrogen functional groups attached to an aromatic ring is 1. The molecular weight excluding hydrogens is 294 g/mol. The molecule has 0 saturated carbocycles. The van der Waals surface area contributed by atoms with Gasteiger partial charge in [-0.1, -0.05) is 11.6 Å². The third kappa shape index (κ3) is 2.13. The summed E-state index contributed by atoms with van der Waals surface area (Å²) in [6.45, 7) is 2.08. The van der Waals surface area contributed by atoms with Gasteiger partial charge in [0.25, 0.3) is 0 Å². The number of benzene rings is 1. The predicted molar refractivity (Wildman–Crippen MR) is 83.8 cm³/mol. The predicted octanol–water partition coefficient (Wildman–Crippen LogP) is 3.95. The van der Waals surface area contributed by atoms with Crippen molar-refractivity contribution >= 4 is 39.9 Å². The van der Waals surface area contributed by atoms with Gasteiger partial charge in [-0.05, 0) is 31.2 Å². The van der Waals surface area contributed by atoms with Crippen LogP contribution in [-0.2, 0) is 0 Å². The number of imidazole rings is 1. The van der Waals surface area contributed by atoms with Gasteiger partial charge in [0.05, 0.1) is 28.5 Å². The standard InChI is InChI=1S/C14H14ClN3OS/c1-8(12-5-6-13(15)20-12)18-11-7-9(19-2)3-4-10(11)17-14(18)16/h3-8H,1-2H3,(H2,16,17). The average molecular weight is 308 g/mol. The Balaban J connectivity index is 2.16. The third-order valence-electron chi connectivity index (χ3n) is 3.32. The number of fused-ring (bicyclic) bond motifs is 1. The number of nitrogens with zero attached hydrogens (tertiary/aromatic N) is 2. The Bertz CT molecular complexity index is 765. The number of aromatic nitrogens is 2. The van der Waals surface area contributed by atoms with Crippen LogP contribution in [0, 0.1) is 0 Å². The number of anilines is 1. The number of nitrogens with two attached hydrogens (primary N) is 1. The maximum absolute atomic E-state index is 6.07. The van der Waals surface area contributed by atoms with E-state index in [0.29, 0.717) is 5.95 Å². The first-order valence-electron chi connectivity index (χ1n) is 6.17. The van der Waals surface area contributed by atoms with Crippen molar-refractivity contribution < 1.29 is 4.74 Å². The van der Waals surface area contributed by atoms with E-state index in [1.807, 2.05) is 34.9 Å². The van der Waals surface area contributed by atoms with E-state index in [1.54, 1.807) is 18.4 Å². The summed E-state index contributed by atoms with van der Waals surface area (Å²) in [7, 11) is 1.65. The number of halogens is 1. The van der Waals surface area contributed by atoms with Gasteiger partial charge < -0.3 is 15.0 Å². The molecule has 2 heterocycles. The molecule has 6 heteroatoms. The fourth-order valence-electron chi connectivity index (χ4n) is 2.31. The lowest BCUT2D eigenvalue weighted by Gasteiger charge is -2.14. The number of thiophene rings is 1. The zero-order valence-corrected chi connectivity index (χ0v) is 12.7. The molecule has 0 spiro atoms. The summed E-state index contributed by atoms with van der Waals surface area (Å²) in [5.74, 6) is 1.28. The van der Waals surface area contributed by atoms with Crippen molar-refractivity contribution in [2.45, 2.75) is 13.0 Å². The van der Waals surface area contributed by atoms with Crippen LogP contribution in [-0.4, -0.2) is 16.7 Å². The molecule has 1 aromatic carbocycles. The van der Waals surface area contributed by atoms with Gasteiger partial charge in [0.2, 0.25) is 5.95 Å². The minimum atomic E-state index is 0.0737. The van der Waals surface area contributed by atoms with E-state index in [2.05, 4.69) is 11.9 Å². The van der Waals surface area contributed by atoms with Crippen molar-refractivity contribution in [2.24, 2.45) is 0 Å². The van der Waals surface area contributed by atoms with Gasteiger partial charge in [0.1, 0.15) is 5.75 Å². The monoisotopic (exact) mass is 307 g/mol. The van der Waals surface area contributed by atoms with Crippen LogP contribution >= 0.6 is 22.9 Å². The van der Waals surface area contributed by atoms with Crippen molar-refractivity contribution in [3.8, 4) is 5.75 Å². The second-order valence-corrected chi connectivity index (χ2v) is 6.26. The molecule has 0 bridgehead atoms. The molecule has 3 aromatic rings. The molecule has 0 amide bonds. The van der Waals surface area contributed by atoms with E-state index in [4.69, 9.17) is 22.1 Å². The summed E-state index contributed by atoms with van der Waals surface area (Å²) in [5, 5.41) is 0. The molecule has 20 heavy (non-hydrogen) atoms. The molecule has 3 rings (SSSR count). The highest BCUT2D eigenvalue weighted by Gasteiger charge is 2.17. The van der Waals surface area contributed by atoms with Gasteiger partial charge in [0, 0.05) is 10.9 Å². The molecule has 1 atom stereocenters. The molecule has 0 aliphatic rings. The smallest absolute Gasteiger partial charge is 0.201 e. The number of rotatable bonds is 3. The number of hydrogen-bond donors (Lipinski definition) is 1. The highest BCUT2D eigenvalue weighted by molar-refractivity contribution is 7.16. The first kappa shape index (κ1) is 13.3. The first-order chi connectivity index (χ1) is 9.60. The topological polar surface area (TPSA) is 53.1 Å². The Morgan fingerprint density at radius 1 is 1.35 bits per heavy atom. The van der Waals surface area contributed by atoms with Crippen molar-refractivity contribution in [1.29, 1.82) is 0 Å². The highest BCUT2D eigenvalue weighted by atomic mass is 35.5. The van der Waals surface area contributed by atoms with E-state index in [0.717, 1.165) is 26.0 Å². The van der Waals surface area contributed by atoms with Crippen molar-refractivity contribution in [2.75, 3.05) is 12.8 Å². The summed E-state index contributed by atoms with van der Waals surface area (Å²) in [6, 6.07) is 9.73. The zero-order chi connectivity index (χ0) is 14.3. The molecule has 2 aromatic heterocycles. The van der Waals surface area contributed by atoms with Crippen LogP contribution in [0.5, 0.6) is 5.75 Å². The van der Waals surface area contributed by atoms with E-state index in [-0.39, 0.29) is 6.04 Å². The van der Waals surface area contributed by atoms with Gasteiger partial charge in [-0.2, -0.15) is 0 Å². The number of methoxy groups -OCH3 is 1. The number of ether oxygens (including phenoxy) is 1. The maximum atomic E-state index is 6.07. The third-order valence-corrected chi connectivity index (χ3v) is 4.72. The van der Waals surface area contributed by atoms with Crippen LogP contribution < -0.4 is 10.5 Å². The van der Waals surface area contributed by atoms with E-state index < -0.39 is 0 Å². The van der Waals surface area contributed by atoms with Crippen LogP contribution in [0.4, 0.5) is 5.95 Å². The van der Waals surface area contributed by atoms with E-state index in [1.165, 1.54) is 0 Å². The Labute approximate surface area is 125 Å². The SMILES string of the molecule is COc1ccc2nc(N)n(C(C)c3ccc(Cl)s3)c2c1. The van der Waals surface area contributed by atoms with Crippen LogP contribution in [0.25, 0.3) is 11.0 Å². The van der Waals surface area contributed by atoms with Crippen molar-refractivity contribution in [1.82, 2.24) is 9.55 Å². The summed E-state index contributed by atoms with van der Waals surface area (Å²) >= 11 is 7.57. The molecule has 0 saturated heterocycles. The van der Waals surface area contributed by atoms with Crippen molar-refractivity contribution in [3.63, 3.8) is 0 Å². The fourth-order valence-corrected chi connectivity index (χ4v) is 3.41. The molecule has 0 fully saturated rings. The maximum Gasteiger partial charge on any atom is 0.201 e. The molecule has 0 radical (unpaired) electrons. The summed E-state index contributed by atoms with van der Waals surface area (Å²) in [5.41, 5.74) is 7.89. The summed E-state index contributed by atoms with van der Waals surface area (Å²) < 4.78 is 8.05. The number of hydrogen-bond acceptors (Lipinski definition) is 4. The van der Waals surface area contributed by atoms with Gasteiger partial charge in [-0.25, -0.2) is 4.98 Å². The molecular formula is C14H14ClN3OS. The second kappa shape index (κ2) is 5.00. The molecule has 4 nitrogen and oxygen atoms in total. The average Bonchev–Trinajstić information content (AvgIpc) is 3.00. The van der Waals surface area contributed by atoms with E-state index in [9.17, 15) is 0 Å². The van der Waals surface area contributed by atoms with E-state index >= 15 is 0 Å². The normalized spacial score (nSPS) is 12.8. The first-order valence-corrected chi connectivity index (χ1v) is 7.36. The lowest BCUT2D eigenvalue weighted by molar-refractivity contribution is 0.415. The Morgan fingerprint density at radius 3 is 2.80 bits per heavy atom. The molecule has 0 aliphatic carbocycles. The molecule has 104 valence electrons. The van der Waals surface area contributed by atoms with Crippen LogP contribution in [0.3, 0.4) is 0 Å². The van der Waals surface area contributed by atoms with Crippen molar-refractivity contribution in [3.05, 3.63) is 39.5 Å². The van der Waals surface area contributed by atoms with Gasteiger partial charge in [0.15, 0.2) is 0 Å². The largest absolute Gasteiger partial charge is 0.497 e. The minimum Gasteiger partial charge on any atom is -0.497 e. The Morgan fingerprint density at radius 2 is 2.15 bits per heavy atom. The van der Waals surface area contributed by atoms with Gasteiger partial charge in [-0.3, -0.25) is 0 Å². The van der Waals surface area contributed by atoms with Crippen LogP contribution in [0.1, 0.15) is 17.8 Å². The lowest BCUT2D eigenvalue weighted by atomic mass is 10.2. The lowest BCUT2D eigenvalue weighted by Crippen LogP contribution is -2.08. The van der Waals surface area contributed by atoms with Gasteiger partial charge in [-0.15, -0.1) is 11.3 Å². The fraction of sp³-hybridized carbons (Fsp3) is 0.214. The minimum absolute atomic E-state index is 0.0737.